The van der Waals surface area contributed by atoms with Crippen molar-refractivity contribution in [1.82, 2.24) is 20.2 Å². The molecule has 2 aromatic carbocycles. The summed E-state index contributed by atoms with van der Waals surface area (Å²) in [5.41, 5.74) is 2.53. The maximum atomic E-state index is 12.8. The van der Waals surface area contributed by atoms with Gasteiger partial charge in [0.1, 0.15) is 11.6 Å². The van der Waals surface area contributed by atoms with Crippen molar-refractivity contribution < 1.29 is 23.0 Å². The van der Waals surface area contributed by atoms with E-state index < -0.39 is 6.61 Å². The van der Waals surface area contributed by atoms with Crippen LogP contribution in [0, 0.1) is 6.92 Å². The van der Waals surface area contributed by atoms with E-state index >= 15 is 0 Å². The number of halogens is 3. The Kier molecular flexibility index (Phi) is 7.94. The molecular weight excluding hydrogens is 535 g/mol. The van der Waals surface area contributed by atoms with Gasteiger partial charge in [-0.2, -0.15) is 8.78 Å². The van der Waals surface area contributed by atoms with Gasteiger partial charge in [-0.15, -0.1) is 24.0 Å². The lowest BCUT2D eigenvalue weighted by molar-refractivity contribution is -0.0505. The maximum absolute atomic E-state index is 12.8. The van der Waals surface area contributed by atoms with Crippen molar-refractivity contribution in [3.8, 4) is 17.2 Å². The van der Waals surface area contributed by atoms with E-state index in [1.165, 1.54) is 6.07 Å². The summed E-state index contributed by atoms with van der Waals surface area (Å²) in [4.78, 5) is 8.76. The van der Waals surface area contributed by atoms with Gasteiger partial charge in [0, 0.05) is 38.3 Å². The monoisotopic (exact) mass is 559 g/mol. The molecule has 172 valence electrons. The smallest absolute Gasteiger partial charge is 0.387 e. The van der Waals surface area contributed by atoms with Crippen LogP contribution in [0.3, 0.4) is 0 Å². The summed E-state index contributed by atoms with van der Waals surface area (Å²) < 4.78 is 43.0. The first-order chi connectivity index (χ1) is 15.0. The molecule has 3 aromatic rings. The molecule has 0 unspecified atom stereocenters. The number of alkyl halides is 2. The van der Waals surface area contributed by atoms with E-state index in [9.17, 15) is 8.78 Å². The zero-order valence-electron chi connectivity index (χ0n) is 17.6. The minimum absolute atomic E-state index is 0. The molecule has 32 heavy (non-hydrogen) atoms. The number of para-hydroxylation sites is 2. The third kappa shape index (κ3) is 5.31. The second-order valence-corrected chi connectivity index (χ2v) is 6.84. The molecule has 1 aliphatic heterocycles. The normalized spacial score (nSPS) is 12.7. The lowest BCUT2D eigenvalue weighted by atomic mass is 10.1. The molecule has 8 nitrogen and oxygen atoms in total. The van der Waals surface area contributed by atoms with Crippen LogP contribution in [-0.4, -0.2) is 42.5 Å². The van der Waals surface area contributed by atoms with Crippen LogP contribution >= 0.6 is 24.0 Å². The summed E-state index contributed by atoms with van der Waals surface area (Å²) in [5, 5.41) is 6.34. The van der Waals surface area contributed by atoms with Crippen LogP contribution in [-0.2, 0) is 13.1 Å². The lowest BCUT2D eigenvalue weighted by Crippen LogP contribution is -2.38. The third-order valence-corrected chi connectivity index (χ3v) is 4.91. The largest absolute Gasteiger partial charge is 0.454 e. The van der Waals surface area contributed by atoms with E-state index in [2.05, 4.69) is 29.9 Å². The van der Waals surface area contributed by atoms with Gasteiger partial charge >= 0.3 is 6.61 Å². The summed E-state index contributed by atoms with van der Waals surface area (Å²) in [6.45, 7) is 0.582. The number of benzene rings is 2. The van der Waals surface area contributed by atoms with E-state index in [1.54, 1.807) is 13.1 Å². The van der Waals surface area contributed by atoms with Crippen LogP contribution in [0.15, 0.2) is 41.4 Å². The fraction of sp³-hybridized carbons (Fsp3) is 0.333. The molecule has 1 aliphatic rings. The number of aliphatic imine (C=N–C) groups is 1. The van der Waals surface area contributed by atoms with E-state index in [0.29, 0.717) is 36.1 Å². The fourth-order valence-electron chi connectivity index (χ4n) is 3.47. The van der Waals surface area contributed by atoms with Crippen molar-refractivity contribution in [2.75, 3.05) is 20.4 Å². The van der Waals surface area contributed by atoms with E-state index in [4.69, 9.17) is 9.47 Å². The molecule has 0 spiro atoms. The lowest BCUT2D eigenvalue weighted by Gasteiger charge is -2.16. The molecule has 0 atom stereocenters. The zero-order valence-corrected chi connectivity index (χ0v) is 19.9. The van der Waals surface area contributed by atoms with Gasteiger partial charge in [0.15, 0.2) is 17.5 Å². The standard InChI is InChI=1S/C21H23F2N5O3.HI/c1-13-27-15-5-3-4-6-16(15)28(13)8-7-25-21(24-2)26-11-14-9-18-19(30-12-29-18)10-17(14)31-20(22)23;/h3-6,9-10,20H,7-8,11-12H2,1-2H3,(H2,24,25,26);1H. The zero-order chi connectivity index (χ0) is 21.8. The number of hydrogen-bond acceptors (Lipinski definition) is 5. The number of guanidine groups is 1. The molecule has 0 radical (unpaired) electrons. The van der Waals surface area contributed by atoms with E-state index in [1.807, 2.05) is 31.2 Å². The highest BCUT2D eigenvalue weighted by Gasteiger charge is 2.20. The molecule has 0 saturated heterocycles. The molecule has 2 heterocycles. The van der Waals surface area contributed by atoms with Crippen molar-refractivity contribution >= 4 is 41.0 Å². The SMILES string of the molecule is CN=C(NCCn1c(C)nc2ccccc21)NCc1cc2c(cc1OC(F)F)OCO2.I. The number of nitrogens with one attached hydrogen (secondary N) is 2. The number of fused-ring (bicyclic) bond motifs is 2. The summed E-state index contributed by atoms with van der Waals surface area (Å²) in [6.07, 6.45) is 0. The van der Waals surface area contributed by atoms with Crippen molar-refractivity contribution in [1.29, 1.82) is 0 Å². The third-order valence-electron chi connectivity index (χ3n) is 4.91. The highest BCUT2D eigenvalue weighted by atomic mass is 127. The van der Waals surface area contributed by atoms with Gasteiger partial charge < -0.3 is 29.4 Å². The van der Waals surface area contributed by atoms with Crippen LogP contribution in [0.4, 0.5) is 8.78 Å². The Labute approximate surface area is 201 Å². The summed E-state index contributed by atoms with van der Waals surface area (Å²) in [7, 11) is 1.64. The average molecular weight is 559 g/mol. The quantitative estimate of drug-likeness (QED) is 0.262. The van der Waals surface area contributed by atoms with Crippen LogP contribution in [0.1, 0.15) is 11.4 Å². The molecule has 0 saturated carbocycles. The van der Waals surface area contributed by atoms with Crippen molar-refractivity contribution in [2.45, 2.75) is 26.6 Å². The molecule has 2 N–H and O–H groups in total. The van der Waals surface area contributed by atoms with Crippen molar-refractivity contribution in [3.63, 3.8) is 0 Å². The Balaban J connectivity index is 0.00000289. The first-order valence-electron chi connectivity index (χ1n) is 9.79. The molecule has 11 heteroatoms. The second kappa shape index (κ2) is 10.7. The number of hydrogen-bond donors (Lipinski definition) is 2. The Morgan fingerprint density at radius 2 is 1.97 bits per heavy atom. The molecule has 1 aromatic heterocycles. The molecule has 0 aliphatic carbocycles. The predicted octanol–water partition coefficient (Wildman–Crippen LogP) is 3.66. The number of ether oxygens (including phenoxy) is 3. The number of rotatable bonds is 7. The highest BCUT2D eigenvalue weighted by molar-refractivity contribution is 14.0. The average Bonchev–Trinajstić information content (AvgIpc) is 3.33. The topological polar surface area (TPSA) is 81.9 Å². The highest BCUT2D eigenvalue weighted by Crippen LogP contribution is 2.38. The Hall–Kier alpha value is -2.83. The molecule has 0 fully saturated rings. The predicted molar refractivity (Wildman–Crippen MR) is 127 cm³/mol. The van der Waals surface area contributed by atoms with Crippen LogP contribution < -0.4 is 24.8 Å². The second-order valence-electron chi connectivity index (χ2n) is 6.84. The van der Waals surface area contributed by atoms with Gasteiger partial charge in [-0.25, -0.2) is 4.98 Å². The summed E-state index contributed by atoms with van der Waals surface area (Å²) >= 11 is 0. The number of aryl methyl sites for hydroxylation is 1. The van der Waals surface area contributed by atoms with Crippen LogP contribution in [0.2, 0.25) is 0 Å². The Bertz CT molecular complexity index is 1110. The van der Waals surface area contributed by atoms with Crippen LogP contribution in [0.25, 0.3) is 11.0 Å². The van der Waals surface area contributed by atoms with Crippen LogP contribution in [0.5, 0.6) is 17.2 Å². The van der Waals surface area contributed by atoms with Gasteiger partial charge in [-0.3, -0.25) is 4.99 Å². The number of aromatic nitrogens is 2. The van der Waals surface area contributed by atoms with Gasteiger partial charge in [-0.1, -0.05) is 12.1 Å². The van der Waals surface area contributed by atoms with Crippen molar-refractivity contribution in [3.05, 3.63) is 47.8 Å². The molecule has 0 bridgehead atoms. The van der Waals surface area contributed by atoms with Gasteiger partial charge in [0.25, 0.3) is 0 Å². The van der Waals surface area contributed by atoms with Gasteiger partial charge in [0.05, 0.1) is 11.0 Å². The summed E-state index contributed by atoms with van der Waals surface area (Å²) in [6, 6.07) is 11.0. The first-order valence-corrected chi connectivity index (χ1v) is 9.79. The molecule has 0 amide bonds. The minimum Gasteiger partial charge on any atom is -0.454 e. The minimum atomic E-state index is -2.94. The Morgan fingerprint density at radius 1 is 1.22 bits per heavy atom. The molecule has 4 rings (SSSR count). The Morgan fingerprint density at radius 3 is 2.72 bits per heavy atom. The van der Waals surface area contributed by atoms with E-state index in [-0.39, 0.29) is 43.1 Å². The summed E-state index contributed by atoms with van der Waals surface area (Å²) in [5.74, 6) is 2.36. The van der Waals surface area contributed by atoms with Gasteiger partial charge in [0.2, 0.25) is 6.79 Å². The van der Waals surface area contributed by atoms with Crippen molar-refractivity contribution in [2.24, 2.45) is 4.99 Å². The fourth-order valence-corrected chi connectivity index (χ4v) is 3.47. The van der Waals surface area contributed by atoms with E-state index in [0.717, 1.165) is 16.9 Å². The number of imidazole rings is 1. The first kappa shape index (κ1) is 23.8. The molecular formula is C21H24F2IN5O3. The van der Waals surface area contributed by atoms with Gasteiger partial charge in [-0.05, 0) is 25.1 Å². The maximum Gasteiger partial charge on any atom is 0.387 e. The number of nitrogens with zero attached hydrogens (tertiary/aromatic N) is 3.